The van der Waals surface area contributed by atoms with Crippen LogP contribution in [-0.4, -0.2) is 34.0 Å². The van der Waals surface area contributed by atoms with Crippen molar-refractivity contribution in [2.45, 2.75) is 94.3 Å². The number of hydrogen-bond donors (Lipinski definition) is 0. The van der Waals surface area contributed by atoms with E-state index in [1.807, 2.05) is 0 Å². The number of allylic oxidation sites excluding steroid dienone is 8. The summed E-state index contributed by atoms with van der Waals surface area (Å²) in [6.45, 7) is 19.6. The summed E-state index contributed by atoms with van der Waals surface area (Å²) in [5.41, 5.74) is 0. The van der Waals surface area contributed by atoms with Crippen molar-refractivity contribution in [3.8, 4) is 0 Å². The summed E-state index contributed by atoms with van der Waals surface area (Å²) in [5.74, 6) is 0. The van der Waals surface area contributed by atoms with Crippen molar-refractivity contribution in [2.24, 2.45) is 0 Å². The van der Waals surface area contributed by atoms with Crippen LogP contribution in [0.3, 0.4) is 0 Å². The van der Waals surface area contributed by atoms with Crippen LogP contribution in [0.4, 0.5) is 0 Å². The van der Waals surface area contributed by atoms with Crippen LogP contribution in [0.5, 0.6) is 0 Å². The van der Waals surface area contributed by atoms with Gasteiger partial charge in [0, 0.05) is 10.3 Å². The third-order valence-electron chi connectivity index (χ3n) is 6.59. The van der Waals surface area contributed by atoms with Crippen molar-refractivity contribution in [3.05, 3.63) is 48.6 Å². The van der Waals surface area contributed by atoms with E-state index in [0.717, 1.165) is 12.8 Å². The molecule has 2 unspecified atom stereocenters. The Morgan fingerprint density at radius 1 is 0.630 bits per heavy atom. The third kappa shape index (κ3) is 5.46. The van der Waals surface area contributed by atoms with E-state index in [1.54, 1.807) is 0 Å². The maximum absolute atomic E-state index is 2.56. The average molecular weight is 405 g/mol. The number of rotatable bonds is 6. The Bertz CT molecular complexity index is 529. The highest BCUT2D eigenvalue weighted by molar-refractivity contribution is 7.61. The minimum Gasteiger partial charge on any atom is -0.0900 e. The molecule has 0 fully saturated rings. The summed E-state index contributed by atoms with van der Waals surface area (Å²) in [7, 11) is -0.224. The lowest BCUT2D eigenvalue weighted by molar-refractivity contribution is 0.589. The van der Waals surface area contributed by atoms with Gasteiger partial charge in [0.1, 0.15) is 0 Å². The van der Waals surface area contributed by atoms with Gasteiger partial charge < -0.3 is 0 Å². The summed E-state index contributed by atoms with van der Waals surface area (Å²) in [6.07, 6.45) is 25.9. The quantitative estimate of drug-likeness (QED) is 0.307. The summed E-state index contributed by atoms with van der Waals surface area (Å²) in [4.78, 5) is 0. The van der Waals surface area contributed by atoms with E-state index in [0.29, 0.717) is 10.3 Å². The fourth-order valence-electron chi connectivity index (χ4n) is 4.38. The predicted octanol–water partition coefficient (Wildman–Crippen LogP) is 8.49. The maximum atomic E-state index is 2.56. The topological polar surface area (TPSA) is 0 Å². The molecule has 0 nitrogen and oxygen atoms in total. The molecule has 0 N–H and O–H groups in total. The van der Waals surface area contributed by atoms with Crippen molar-refractivity contribution < 1.29 is 0 Å². The van der Waals surface area contributed by atoms with E-state index < -0.39 is 0 Å². The average Bonchev–Trinajstić information content (AvgIpc) is 2.60. The minimum atomic E-state index is -0.112. The molecule has 0 radical (unpaired) electrons. The third-order valence-corrected chi connectivity index (χ3v) is 14.2. The van der Waals surface area contributed by atoms with Crippen molar-refractivity contribution >= 4 is 15.8 Å². The summed E-state index contributed by atoms with van der Waals surface area (Å²) in [5, 5.41) is 1.33. The first-order valence-corrected chi connectivity index (χ1v) is 14.2. The van der Waals surface area contributed by atoms with E-state index in [9.17, 15) is 0 Å². The van der Waals surface area contributed by atoms with Crippen LogP contribution in [-0.2, 0) is 0 Å². The van der Waals surface area contributed by atoms with E-state index in [4.69, 9.17) is 0 Å². The number of hydrogen-bond acceptors (Lipinski definition) is 0. The Morgan fingerprint density at radius 2 is 0.926 bits per heavy atom. The van der Waals surface area contributed by atoms with Gasteiger partial charge in [-0.1, -0.05) is 112 Å². The minimum absolute atomic E-state index is 0.112. The highest BCUT2D eigenvalue weighted by Crippen LogP contribution is 2.63. The summed E-state index contributed by atoms with van der Waals surface area (Å²) in [6, 6.07) is 0. The van der Waals surface area contributed by atoms with Crippen LogP contribution < -0.4 is 0 Å². The van der Waals surface area contributed by atoms with Gasteiger partial charge in [-0.05, 0) is 49.3 Å². The zero-order chi connectivity index (χ0) is 20.3. The highest BCUT2D eigenvalue weighted by Gasteiger charge is 2.41. The smallest absolute Gasteiger partial charge is 0.0264 e. The first kappa shape index (κ1) is 23.1. The molecular formula is C25H42P2. The normalized spacial score (nSPS) is 23.4. The van der Waals surface area contributed by atoms with E-state index in [-0.39, 0.29) is 26.2 Å². The molecule has 0 heterocycles. The van der Waals surface area contributed by atoms with Gasteiger partial charge in [0.25, 0.3) is 0 Å². The molecule has 0 saturated heterocycles. The fraction of sp³-hybridized carbons (Fsp3) is 0.680. The zero-order valence-corrected chi connectivity index (χ0v) is 20.8. The highest BCUT2D eigenvalue weighted by atomic mass is 31.1. The van der Waals surface area contributed by atoms with Gasteiger partial charge in [-0.3, -0.25) is 0 Å². The van der Waals surface area contributed by atoms with Crippen molar-refractivity contribution in [2.75, 3.05) is 13.3 Å². The van der Waals surface area contributed by atoms with Crippen molar-refractivity contribution in [1.82, 2.24) is 0 Å². The second kappa shape index (κ2) is 8.67. The Labute approximate surface area is 172 Å². The molecule has 0 spiro atoms. The molecule has 0 saturated carbocycles. The molecule has 0 amide bonds. The molecule has 0 aromatic carbocycles. The molecule has 2 aliphatic carbocycles. The lowest BCUT2D eigenvalue weighted by Gasteiger charge is -2.46. The maximum Gasteiger partial charge on any atom is 0.0264 e. The van der Waals surface area contributed by atoms with Crippen LogP contribution in [0.15, 0.2) is 48.6 Å². The van der Waals surface area contributed by atoms with Crippen LogP contribution in [0.25, 0.3) is 0 Å². The molecule has 2 atom stereocenters. The first-order valence-electron chi connectivity index (χ1n) is 10.6. The van der Waals surface area contributed by atoms with Gasteiger partial charge >= 0.3 is 0 Å². The molecule has 27 heavy (non-hydrogen) atoms. The molecule has 0 aromatic heterocycles. The molecule has 2 aliphatic rings. The SMILES string of the molecule is CP(C(C)(C)C)C1(CCCC2(P(C)C(C)(C)C)C=CCC=C2)C=CCC=C1. The lowest BCUT2D eigenvalue weighted by Crippen LogP contribution is -2.33. The van der Waals surface area contributed by atoms with E-state index >= 15 is 0 Å². The van der Waals surface area contributed by atoms with E-state index in [1.165, 1.54) is 19.3 Å². The molecule has 152 valence electrons. The van der Waals surface area contributed by atoms with Gasteiger partial charge in [0.05, 0.1) is 0 Å². The molecule has 2 heteroatoms. The second-order valence-electron chi connectivity index (χ2n) is 10.4. The molecular weight excluding hydrogens is 362 g/mol. The van der Waals surface area contributed by atoms with Crippen LogP contribution in [0.2, 0.25) is 0 Å². The van der Waals surface area contributed by atoms with Crippen LogP contribution >= 0.6 is 15.8 Å². The van der Waals surface area contributed by atoms with Crippen LogP contribution in [0, 0.1) is 0 Å². The fourth-order valence-corrected chi connectivity index (χ4v) is 9.18. The largest absolute Gasteiger partial charge is 0.0900 e. The van der Waals surface area contributed by atoms with Gasteiger partial charge in [0.2, 0.25) is 0 Å². The molecule has 2 rings (SSSR count). The Kier molecular flexibility index (Phi) is 7.42. The van der Waals surface area contributed by atoms with E-state index in [2.05, 4.69) is 103 Å². The first-order chi connectivity index (χ1) is 12.4. The molecule has 0 aromatic rings. The second-order valence-corrected chi connectivity index (χ2v) is 17.0. The Balaban J connectivity index is 2.19. The van der Waals surface area contributed by atoms with Gasteiger partial charge in [-0.25, -0.2) is 0 Å². The lowest BCUT2D eigenvalue weighted by atomic mass is 9.90. The Morgan fingerprint density at radius 3 is 1.19 bits per heavy atom. The van der Waals surface area contributed by atoms with Gasteiger partial charge in [-0.2, -0.15) is 0 Å². The van der Waals surface area contributed by atoms with Gasteiger partial charge in [-0.15, -0.1) is 0 Å². The standard InChI is InChI=1S/C25H42P2/c1-22(2,3)26(7)24(16-11-9-12-17-24)20-15-21-25(18-13-10-14-19-25)27(8)23(4,5)6/h11-14,16-19H,9-10,15,20-21H2,1-8H3. The van der Waals surface area contributed by atoms with Crippen LogP contribution in [0.1, 0.15) is 73.6 Å². The zero-order valence-electron chi connectivity index (χ0n) is 19.0. The monoisotopic (exact) mass is 404 g/mol. The summed E-state index contributed by atoms with van der Waals surface area (Å²) >= 11 is 0. The molecule has 0 aliphatic heterocycles. The predicted molar refractivity (Wildman–Crippen MR) is 130 cm³/mol. The van der Waals surface area contributed by atoms with Crippen molar-refractivity contribution in [3.63, 3.8) is 0 Å². The van der Waals surface area contributed by atoms with Crippen molar-refractivity contribution in [1.29, 1.82) is 0 Å². The molecule has 0 bridgehead atoms. The Hall–Kier alpha value is -0.180. The summed E-state index contributed by atoms with van der Waals surface area (Å²) < 4.78 is 0. The van der Waals surface area contributed by atoms with Gasteiger partial charge in [0.15, 0.2) is 0 Å².